The molecule has 5 nitrogen and oxygen atoms in total. The van der Waals surface area contributed by atoms with Gasteiger partial charge in [-0.3, -0.25) is 4.21 Å². The molecule has 1 N–H and O–H groups in total. The lowest BCUT2D eigenvalue weighted by Crippen LogP contribution is -2.35. The molecule has 1 aromatic carbocycles. The zero-order valence-electron chi connectivity index (χ0n) is 12.8. The maximum absolute atomic E-state index is 11.4. The highest BCUT2D eigenvalue weighted by molar-refractivity contribution is 7.85. The smallest absolute Gasteiger partial charge is 0.164 e. The summed E-state index contributed by atoms with van der Waals surface area (Å²) in [6.07, 6.45) is 1.92. The van der Waals surface area contributed by atoms with Crippen LogP contribution < -0.4 is 19.5 Å². The van der Waals surface area contributed by atoms with Gasteiger partial charge in [0.15, 0.2) is 11.5 Å². The predicted molar refractivity (Wildman–Crippen MR) is 83.8 cm³/mol. The molecule has 1 heterocycles. The Balaban J connectivity index is 2.06. The molecule has 2 rings (SSSR count). The van der Waals surface area contributed by atoms with Crippen LogP contribution >= 0.6 is 0 Å². The first kappa shape index (κ1) is 16.1. The SMILES string of the molecule is COc1cc(OC)c(OC)cc1CNC1CCS(=O)CC1. The second kappa shape index (κ2) is 7.66. The van der Waals surface area contributed by atoms with Gasteiger partial charge in [0.05, 0.1) is 21.3 Å². The van der Waals surface area contributed by atoms with Gasteiger partial charge in [-0.15, -0.1) is 0 Å². The van der Waals surface area contributed by atoms with Crippen LogP contribution in [0.5, 0.6) is 17.2 Å². The summed E-state index contributed by atoms with van der Waals surface area (Å²) in [4.78, 5) is 0. The van der Waals surface area contributed by atoms with E-state index in [1.807, 2.05) is 12.1 Å². The van der Waals surface area contributed by atoms with Gasteiger partial charge in [-0.05, 0) is 18.9 Å². The van der Waals surface area contributed by atoms with E-state index in [2.05, 4.69) is 5.32 Å². The van der Waals surface area contributed by atoms with Gasteiger partial charge in [-0.2, -0.15) is 0 Å². The van der Waals surface area contributed by atoms with Crippen LogP contribution in [0.15, 0.2) is 12.1 Å². The third kappa shape index (κ3) is 4.11. The summed E-state index contributed by atoms with van der Waals surface area (Å²) in [7, 11) is 4.25. The second-order valence-corrected chi connectivity index (χ2v) is 6.72. The average molecular weight is 313 g/mol. The summed E-state index contributed by atoms with van der Waals surface area (Å²) < 4.78 is 27.4. The summed E-state index contributed by atoms with van der Waals surface area (Å²) in [5, 5.41) is 3.51. The molecule has 21 heavy (non-hydrogen) atoms. The average Bonchev–Trinajstić information content (AvgIpc) is 2.53. The Morgan fingerprint density at radius 3 is 2.19 bits per heavy atom. The van der Waals surface area contributed by atoms with Crippen molar-refractivity contribution in [3.05, 3.63) is 17.7 Å². The molecule has 0 aromatic heterocycles. The van der Waals surface area contributed by atoms with Crippen molar-refractivity contribution in [2.75, 3.05) is 32.8 Å². The minimum Gasteiger partial charge on any atom is -0.496 e. The van der Waals surface area contributed by atoms with Crippen molar-refractivity contribution >= 4 is 10.8 Å². The Bertz CT molecular complexity index is 497. The highest BCUT2D eigenvalue weighted by atomic mass is 32.2. The fraction of sp³-hybridized carbons (Fsp3) is 0.600. The van der Waals surface area contributed by atoms with Gasteiger partial charge in [0, 0.05) is 46.5 Å². The van der Waals surface area contributed by atoms with Crippen LogP contribution in [0, 0.1) is 0 Å². The van der Waals surface area contributed by atoms with E-state index in [0.29, 0.717) is 24.1 Å². The van der Waals surface area contributed by atoms with Crippen LogP contribution in [0.4, 0.5) is 0 Å². The van der Waals surface area contributed by atoms with Crippen molar-refractivity contribution < 1.29 is 18.4 Å². The number of hydrogen-bond donors (Lipinski definition) is 1. The van der Waals surface area contributed by atoms with Crippen LogP contribution in [0.1, 0.15) is 18.4 Å². The fourth-order valence-corrected chi connectivity index (χ4v) is 3.78. The van der Waals surface area contributed by atoms with E-state index < -0.39 is 10.8 Å². The highest BCUT2D eigenvalue weighted by Gasteiger charge is 2.18. The molecule has 118 valence electrons. The monoisotopic (exact) mass is 313 g/mol. The molecular formula is C15H23NO4S. The van der Waals surface area contributed by atoms with E-state index in [0.717, 1.165) is 35.7 Å². The number of methoxy groups -OCH3 is 3. The Labute approximate surface area is 128 Å². The van der Waals surface area contributed by atoms with E-state index in [4.69, 9.17) is 14.2 Å². The van der Waals surface area contributed by atoms with E-state index in [9.17, 15) is 4.21 Å². The van der Waals surface area contributed by atoms with E-state index in [-0.39, 0.29) is 0 Å². The Morgan fingerprint density at radius 2 is 1.62 bits per heavy atom. The van der Waals surface area contributed by atoms with Gasteiger partial charge in [0.2, 0.25) is 0 Å². The van der Waals surface area contributed by atoms with Crippen molar-refractivity contribution in [2.45, 2.75) is 25.4 Å². The first-order valence-electron chi connectivity index (χ1n) is 7.05. The van der Waals surface area contributed by atoms with E-state index >= 15 is 0 Å². The lowest BCUT2D eigenvalue weighted by atomic mass is 10.1. The summed E-state index contributed by atoms with van der Waals surface area (Å²) >= 11 is 0. The highest BCUT2D eigenvalue weighted by Crippen LogP contribution is 2.34. The lowest BCUT2D eigenvalue weighted by molar-refractivity contribution is 0.346. The van der Waals surface area contributed by atoms with Crippen molar-refractivity contribution in [3.63, 3.8) is 0 Å². The van der Waals surface area contributed by atoms with Crippen molar-refractivity contribution in [2.24, 2.45) is 0 Å². The number of hydrogen-bond acceptors (Lipinski definition) is 5. The molecule has 1 aromatic rings. The molecule has 0 bridgehead atoms. The van der Waals surface area contributed by atoms with Crippen molar-refractivity contribution in [3.8, 4) is 17.2 Å². The van der Waals surface area contributed by atoms with Gasteiger partial charge in [-0.25, -0.2) is 0 Å². The van der Waals surface area contributed by atoms with Crippen LogP contribution in [-0.4, -0.2) is 43.1 Å². The molecule has 0 spiro atoms. The molecule has 0 saturated carbocycles. The summed E-state index contributed by atoms with van der Waals surface area (Å²) in [6.45, 7) is 0.695. The molecule has 6 heteroatoms. The Hall–Kier alpha value is -1.27. The standard InChI is InChI=1S/C15H23NO4S/c1-18-13-9-15(20-3)14(19-2)8-11(13)10-16-12-4-6-21(17)7-5-12/h8-9,12,16H,4-7,10H2,1-3H3. The Morgan fingerprint density at radius 1 is 1.05 bits per heavy atom. The largest absolute Gasteiger partial charge is 0.496 e. The Kier molecular flexibility index (Phi) is 5.87. The fourth-order valence-electron chi connectivity index (χ4n) is 2.48. The molecule has 0 unspecified atom stereocenters. The lowest BCUT2D eigenvalue weighted by Gasteiger charge is -2.23. The topological polar surface area (TPSA) is 56.8 Å². The molecule has 1 aliphatic rings. The summed E-state index contributed by atoms with van der Waals surface area (Å²) in [6, 6.07) is 4.19. The molecule has 0 amide bonds. The third-order valence-corrected chi connectivity index (χ3v) is 5.14. The molecule has 0 atom stereocenters. The number of nitrogens with one attached hydrogen (secondary N) is 1. The molecule has 1 aliphatic heterocycles. The van der Waals surface area contributed by atoms with E-state index in [1.165, 1.54) is 0 Å². The maximum Gasteiger partial charge on any atom is 0.164 e. The van der Waals surface area contributed by atoms with Gasteiger partial charge in [0.25, 0.3) is 0 Å². The van der Waals surface area contributed by atoms with Gasteiger partial charge in [-0.1, -0.05) is 0 Å². The van der Waals surface area contributed by atoms with Gasteiger partial charge in [0.1, 0.15) is 5.75 Å². The molecule has 0 radical (unpaired) electrons. The molecular weight excluding hydrogens is 290 g/mol. The zero-order chi connectivity index (χ0) is 15.2. The molecule has 0 aliphatic carbocycles. The van der Waals surface area contributed by atoms with Crippen LogP contribution in [0.2, 0.25) is 0 Å². The van der Waals surface area contributed by atoms with Crippen molar-refractivity contribution in [1.29, 1.82) is 0 Å². The van der Waals surface area contributed by atoms with Crippen LogP contribution in [0.3, 0.4) is 0 Å². The minimum absolute atomic E-state index is 0.417. The second-order valence-electron chi connectivity index (χ2n) is 5.02. The minimum atomic E-state index is -0.626. The number of rotatable bonds is 6. The van der Waals surface area contributed by atoms with Gasteiger partial charge >= 0.3 is 0 Å². The zero-order valence-corrected chi connectivity index (χ0v) is 13.6. The predicted octanol–water partition coefficient (Wildman–Crippen LogP) is 1.71. The van der Waals surface area contributed by atoms with Crippen molar-refractivity contribution in [1.82, 2.24) is 5.32 Å². The number of benzene rings is 1. The quantitative estimate of drug-likeness (QED) is 0.866. The first-order valence-corrected chi connectivity index (χ1v) is 8.54. The summed E-state index contributed by atoms with van der Waals surface area (Å²) in [5.74, 6) is 3.71. The maximum atomic E-state index is 11.4. The van der Waals surface area contributed by atoms with Crippen LogP contribution in [0.25, 0.3) is 0 Å². The molecule has 1 saturated heterocycles. The number of ether oxygens (including phenoxy) is 3. The third-order valence-electron chi connectivity index (χ3n) is 3.76. The van der Waals surface area contributed by atoms with Crippen LogP contribution in [-0.2, 0) is 17.3 Å². The van der Waals surface area contributed by atoms with Gasteiger partial charge < -0.3 is 19.5 Å². The normalized spacial score (nSPS) is 21.9. The first-order chi connectivity index (χ1) is 10.2. The summed E-state index contributed by atoms with van der Waals surface area (Å²) in [5.41, 5.74) is 1.03. The molecule has 1 fully saturated rings. The van der Waals surface area contributed by atoms with E-state index in [1.54, 1.807) is 21.3 Å².